The minimum atomic E-state index is -4.80. The number of benzene rings is 1. The normalized spacial score (nSPS) is 20.9. The third kappa shape index (κ3) is 4.60. The highest BCUT2D eigenvalue weighted by atomic mass is 35.5. The van der Waals surface area contributed by atoms with Gasteiger partial charge in [-0.1, -0.05) is 11.6 Å². The van der Waals surface area contributed by atoms with Crippen LogP contribution in [0.3, 0.4) is 0 Å². The van der Waals surface area contributed by atoms with E-state index < -0.39 is 29.8 Å². The first-order valence-electron chi connectivity index (χ1n) is 10.7. The highest BCUT2D eigenvalue weighted by Crippen LogP contribution is 2.47. The molecule has 2 atom stereocenters. The summed E-state index contributed by atoms with van der Waals surface area (Å²) in [6.45, 7) is 0.103. The number of carbonyl (C=O) groups is 2. The molecule has 4 heterocycles. The maximum atomic E-state index is 14.3. The molecule has 12 heteroatoms. The van der Waals surface area contributed by atoms with Crippen LogP contribution in [0.1, 0.15) is 23.3 Å². The number of hydrogen-bond acceptors (Lipinski definition) is 6. The summed E-state index contributed by atoms with van der Waals surface area (Å²) in [5, 5.41) is 2.61. The van der Waals surface area contributed by atoms with Crippen molar-refractivity contribution in [3.63, 3.8) is 0 Å². The molecule has 0 unspecified atom stereocenters. The average molecular weight is 528 g/mol. The van der Waals surface area contributed by atoms with Crippen molar-refractivity contribution in [2.24, 2.45) is 0 Å². The molecule has 35 heavy (non-hydrogen) atoms. The molecule has 6 nitrogen and oxygen atoms in total. The van der Waals surface area contributed by atoms with Crippen LogP contribution in [0.2, 0.25) is 5.02 Å². The molecule has 0 bridgehead atoms. The van der Waals surface area contributed by atoms with Crippen LogP contribution in [0, 0.1) is 0 Å². The zero-order valence-electron chi connectivity index (χ0n) is 18.0. The van der Waals surface area contributed by atoms with Gasteiger partial charge < -0.3 is 10.1 Å². The summed E-state index contributed by atoms with van der Waals surface area (Å²) in [6.07, 6.45) is -5.62. The molecule has 5 rings (SSSR count). The third-order valence-electron chi connectivity index (χ3n) is 5.94. The molecule has 0 aliphatic carbocycles. The van der Waals surface area contributed by atoms with Crippen molar-refractivity contribution in [2.45, 2.75) is 37.8 Å². The van der Waals surface area contributed by atoms with Crippen molar-refractivity contribution in [1.82, 2.24) is 15.2 Å². The molecule has 2 aliphatic heterocycles. The summed E-state index contributed by atoms with van der Waals surface area (Å²) in [5.41, 5.74) is -0.200. The number of amides is 2. The predicted molar refractivity (Wildman–Crippen MR) is 122 cm³/mol. The zero-order valence-corrected chi connectivity index (χ0v) is 19.6. The number of alkyl halides is 4. The second-order valence-corrected chi connectivity index (χ2v) is 9.89. The van der Waals surface area contributed by atoms with E-state index in [-0.39, 0.29) is 54.9 Å². The van der Waals surface area contributed by atoms with Gasteiger partial charge in [0.05, 0.1) is 22.3 Å². The van der Waals surface area contributed by atoms with Crippen molar-refractivity contribution >= 4 is 45.0 Å². The summed E-state index contributed by atoms with van der Waals surface area (Å²) in [4.78, 5) is 30.1. The quantitative estimate of drug-likeness (QED) is 0.374. The van der Waals surface area contributed by atoms with Crippen LogP contribution in [0.4, 0.5) is 17.6 Å². The van der Waals surface area contributed by atoms with Gasteiger partial charge in [-0.3, -0.25) is 19.5 Å². The SMILES string of the molecule is O=C1CCC(=O)N1Cc1cc2nccc(-c3cc(Cl)cc(C(F)(F)F)c3O[C@@H]3CNC[C@@H]3F)c2s1. The zero-order chi connectivity index (χ0) is 24.9. The van der Waals surface area contributed by atoms with Gasteiger partial charge in [-0.05, 0) is 24.3 Å². The number of fused-ring (bicyclic) bond motifs is 1. The Morgan fingerprint density at radius 2 is 1.89 bits per heavy atom. The van der Waals surface area contributed by atoms with Gasteiger partial charge in [-0.2, -0.15) is 13.2 Å². The largest absolute Gasteiger partial charge is 0.485 e. The van der Waals surface area contributed by atoms with Crippen LogP contribution in [0.5, 0.6) is 5.75 Å². The summed E-state index contributed by atoms with van der Waals surface area (Å²) in [7, 11) is 0. The standard InChI is InChI=1S/C23H18ClF4N3O3S/c24-11-5-14(21(15(6-11)23(26,27)28)34-18-9-29-8-16(18)25)13-3-4-30-17-7-12(35-22(13)17)10-31-19(32)1-2-20(31)33/h3-7,16,18,29H,1-2,8-10H2/t16-,18+/m0/s1. The van der Waals surface area contributed by atoms with Gasteiger partial charge in [0.15, 0.2) is 6.17 Å². The maximum absolute atomic E-state index is 14.3. The summed E-state index contributed by atoms with van der Waals surface area (Å²) >= 11 is 7.30. The van der Waals surface area contributed by atoms with Gasteiger partial charge in [0.25, 0.3) is 0 Å². The van der Waals surface area contributed by atoms with Gasteiger partial charge in [0, 0.05) is 53.2 Å². The van der Waals surface area contributed by atoms with E-state index in [0.717, 1.165) is 11.0 Å². The van der Waals surface area contributed by atoms with Crippen LogP contribution in [-0.4, -0.2) is 47.1 Å². The molecule has 1 aromatic carbocycles. The van der Waals surface area contributed by atoms with E-state index in [1.54, 1.807) is 6.07 Å². The Kier molecular flexibility index (Phi) is 6.18. The number of thiophene rings is 1. The molecule has 2 amide bonds. The molecule has 2 fully saturated rings. The number of likely N-dealkylation sites (tertiary alicyclic amines) is 1. The minimum absolute atomic E-state index is 0.0172. The first-order valence-corrected chi connectivity index (χ1v) is 11.9. The Labute approximate surface area is 205 Å². The maximum Gasteiger partial charge on any atom is 0.420 e. The fraction of sp³-hybridized carbons (Fsp3) is 0.348. The first kappa shape index (κ1) is 24.0. The number of imide groups is 1. The fourth-order valence-electron chi connectivity index (χ4n) is 4.25. The first-order chi connectivity index (χ1) is 16.6. The number of nitrogens with one attached hydrogen (secondary N) is 1. The van der Waals surface area contributed by atoms with Crippen LogP contribution in [-0.2, 0) is 22.3 Å². The lowest BCUT2D eigenvalue weighted by Crippen LogP contribution is -2.28. The second-order valence-electron chi connectivity index (χ2n) is 8.32. The average Bonchev–Trinajstić information content (AvgIpc) is 3.48. The minimum Gasteiger partial charge on any atom is -0.485 e. The molecule has 2 aliphatic rings. The Morgan fingerprint density at radius 3 is 2.54 bits per heavy atom. The van der Waals surface area contributed by atoms with Gasteiger partial charge in [0.1, 0.15) is 11.9 Å². The van der Waals surface area contributed by atoms with Crippen LogP contribution < -0.4 is 10.1 Å². The highest BCUT2D eigenvalue weighted by molar-refractivity contribution is 7.19. The molecule has 0 saturated carbocycles. The molecule has 2 aromatic heterocycles. The van der Waals surface area contributed by atoms with Crippen LogP contribution >= 0.6 is 22.9 Å². The monoisotopic (exact) mass is 527 g/mol. The molecular weight excluding hydrogens is 510 g/mol. The summed E-state index contributed by atoms with van der Waals surface area (Å²) in [6, 6.07) is 5.34. The van der Waals surface area contributed by atoms with E-state index in [4.69, 9.17) is 16.3 Å². The summed E-state index contributed by atoms with van der Waals surface area (Å²) in [5.74, 6) is -1.05. The molecular formula is C23H18ClF4N3O3S. The number of aromatic nitrogens is 1. The van der Waals surface area contributed by atoms with Gasteiger partial charge in [-0.15, -0.1) is 11.3 Å². The van der Waals surface area contributed by atoms with E-state index in [9.17, 15) is 27.2 Å². The van der Waals surface area contributed by atoms with Crippen LogP contribution in [0.15, 0.2) is 30.5 Å². The van der Waals surface area contributed by atoms with Crippen molar-refractivity contribution in [2.75, 3.05) is 13.1 Å². The van der Waals surface area contributed by atoms with E-state index in [2.05, 4.69) is 10.3 Å². The predicted octanol–water partition coefficient (Wildman–Crippen LogP) is 4.97. The van der Waals surface area contributed by atoms with Crippen molar-refractivity contribution in [1.29, 1.82) is 0 Å². The molecule has 184 valence electrons. The topological polar surface area (TPSA) is 71.5 Å². The van der Waals surface area contributed by atoms with Gasteiger partial charge in [0.2, 0.25) is 11.8 Å². The van der Waals surface area contributed by atoms with E-state index in [1.165, 1.54) is 29.7 Å². The number of ether oxygens (including phenoxy) is 1. The lowest BCUT2D eigenvalue weighted by molar-refractivity contribution is -0.140. The van der Waals surface area contributed by atoms with Gasteiger partial charge >= 0.3 is 6.18 Å². The third-order valence-corrected chi connectivity index (χ3v) is 7.30. The fourth-order valence-corrected chi connectivity index (χ4v) is 5.60. The van der Waals surface area contributed by atoms with E-state index in [1.807, 2.05) is 0 Å². The second kappa shape index (κ2) is 9.03. The van der Waals surface area contributed by atoms with Crippen molar-refractivity contribution < 1.29 is 31.9 Å². The number of nitrogens with zero attached hydrogens (tertiary/aromatic N) is 2. The van der Waals surface area contributed by atoms with E-state index >= 15 is 0 Å². The number of rotatable bonds is 5. The molecule has 2 saturated heterocycles. The Hall–Kier alpha value is -2.76. The van der Waals surface area contributed by atoms with Crippen molar-refractivity contribution in [3.8, 4) is 16.9 Å². The Bertz CT molecular complexity index is 1310. The smallest absolute Gasteiger partial charge is 0.420 e. The Morgan fingerprint density at radius 1 is 1.14 bits per heavy atom. The summed E-state index contributed by atoms with van der Waals surface area (Å²) < 4.78 is 62.4. The highest BCUT2D eigenvalue weighted by Gasteiger charge is 2.39. The number of halogens is 5. The molecule has 3 aromatic rings. The lowest BCUT2D eigenvalue weighted by atomic mass is 10.0. The number of carbonyl (C=O) groups excluding carboxylic acids is 2. The Balaban J connectivity index is 1.63. The van der Waals surface area contributed by atoms with E-state index in [0.29, 0.717) is 20.7 Å². The number of hydrogen-bond donors (Lipinski definition) is 1. The van der Waals surface area contributed by atoms with Crippen LogP contribution in [0.25, 0.3) is 21.3 Å². The molecule has 1 N–H and O–H groups in total. The molecule has 0 radical (unpaired) electrons. The van der Waals surface area contributed by atoms with Crippen molar-refractivity contribution in [3.05, 3.63) is 45.9 Å². The lowest BCUT2D eigenvalue weighted by Gasteiger charge is -2.22. The molecule has 0 spiro atoms. The van der Waals surface area contributed by atoms with Gasteiger partial charge in [-0.25, -0.2) is 4.39 Å². The number of pyridine rings is 1.